The van der Waals surface area contributed by atoms with Gasteiger partial charge in [-0.15, -0.1) is 0 Å². The normalized spacial score (nSPS) is 20.9. The van der Waals surface area contributed by atoms with Gasteiger partial charge in [-0.05, 0) is 62.4 Å². The molecule has 1 heterocycles. The van der Waals surface area contributed by atoms with Crippen LogP contribution < -0.4 is 5.32 Å². The summed E-state index contributed by atoms with van der Waals surface area (Å²) in [6, 6.07) is 6.06. The lowest BCUT2D eigenvalue weighted by atomic mass is 9.97. The van der Waals surface area contributed by atoms with Crippen LogP contribution in [0.15, 0.2) is 18.2 Å². The fraction of sp³-hybridized carbons (Fsp3) is 0.625. The lowest BCUT2D eigenvalue weighted by molar-refractivity contribution is 0.00535. The van der Waals surface area contributed by atoms with Gasteiger partial charge in [0, 0.05) is 22.7 Å². The van der Waals surface area contributed by atoms with E-state index >= 15 is 0 Å². The minimum Gasteiger partial charge on any atom is -0.378 e. The SMILES string of the molecule is CCNC(Cc1cc(Cl)ccc1Cl)CC1CCCCO1. The Hall–Kier alpha value is -0.280. The summed E-state index contributed by atoms with van der Waals surface area (Å²) in [6.45, 7) is 3.99. The first kappa shape index (κ1) is 16.1. The highest BCUT2D eigenvalue weighted by atomic mass is 35.5. The average Bonchev–Trinajstić information content (AvgIpc) is 2.44. The van der Waals surface area contributed by atoms with E-state index in [0.29, 0.717) is 12.1 Å². The summed E-state index contributed by atoms with van der Waals surface area (Å²) in [5.74, 6) is 0. The zero-order chi connectivity index (χ0) is 14.4. The van der Waals surface area contributed by atoms with Crippen LogP contribution in [0.1, 0.15) is 38.2 Å². The van der Waals surface area contributed by atoms with Crippen LogP contribution in [0.4, 0.5) is 0 Å². The standard InChI is InChI=1S/C16H23Cl2NO/c1-2-19-14(11-15-5-3-4-8-20-15)10-12-9-13(17)6-7-16(12)18/h6-7,9,14-15,19H,2-5,8,10-11H2,1H3. The number of halogens is 2. The van der Waals surface area contributed by atoms with Crippen molar-refractivity contribution in [1.29, 1.82) is 0 Å². The van der Waals surface area contributed by atoms with Crippen molar-refractivity contribution in [2.45, 2.75) is 51.2 Å². The minimum absolute atomic E-state index is 0.380. The Morgan fingerprint density at radius 3 is 2.90 bits per heavy atom. The van der Waals surface area contributed by atoms with E-state index < -0.39 is 0 Å². The zero-order valence-corrected chi connectivity index (χ0v) is 13.5. The second kappa shape index (κ2) is 8.23. The van der Waals surface area contributed by atoms with E-state index in [2.05, 4.69) is 12.2 Å². The Kier molecular flexibility index (Phi) is 6.63. The molecule has 0 saturated carbocycles. The van der Waals surface area contributed by atoms with Gasteiger partial charge in [-0.1, -0.05) is 30.1 Å². The molecule has 0 aliphatic carbocycles. The summed E-state index contributed by atoms with van der Waals surface area (Å²) >= 11 is 12.3. The Morgan fingerprint density at radius 1 is 1.35 bits per heavy atom. The van der Waals surface area contributed by atoms with Crippen molar-refractivity contribution < 1.29 is 4.74 Å². The van der Waals surface area contributed by atoms with Crippen molar-refractivity contribution >= 4 is 23.2 Å². The summed E-state index contributed by atoms with van der Waals surface area (Å²) < 4.78 is 5.85. The molecule has 1 fully saturated rings. The zero-order valence-electron chi connectivity index (χ0n) is 12.0. The highest BCUT2D eigenvalue weighted by molar-refractivity contribution is 6.33. The number of hydrogen-bond donors (Lipinski definition) is 1. The molecule has 0 spiro atoms. The van der Waals surface area contributed by atoms with Crippen molar-refractivity contribution in [1.82, 2.24) is 5.32 Å². The van der Waals surface area contributed by atoms with Gasteiger partial charge in [-0.3, -0.25) is 0 Å². The molecular weight excluding hydrogens is 293 g/mol. The molecule has 112 valence electrons. The van der Waals surface area contributed by atoms with Crippen molar-refractivity contribution in [3.05, 3.63) is 33.8 Å². The largest absolute Gasteiger partial charge is 0.378 e. The van der Waals surface area contributed by atoms with Gasteiger partial charge in [0.25, 0.3) is 0 Å². The van der Waals surface area contributed by atoms with Crippen LogP contribution in [-0.2, 0) is 11.2 Å². The monoisotopic (exact) mass is 315 g/mol. The number of benzene rings is 1. The lowest BCUT2D eigenvalue weighted by Crippen LogP contribution is -2.36. The molecule has 4 heteroatoms. The third-order valence-corrected chi connectivity index (χ3v) is 4.39. The third-order valence-electron chi connectivity index (χ3n) is 3.79. The quantitative estimate of drug-likeness (QED) is 0.836. The maximum atomic E-state index is 6.27. The van der Waals surface area contributed by atoms with Crippen LogP contribution in [0.2, 0.25) is 10.0 Å². The summed E-state index contributed by atoms with van der Waals surface area (Å²) in [5.41, 5.74) is 1.11. The maximum absolute atomic E-state index is 6.27. The summed E-state index contributed by atoms with van der Waals surface area (Å²) in [6.07, 6.45) is 5.96. The van der Waals surface area contributed by atoms with Gasteiger partial charge >= 0.3 is 0 Å². The van der Waals surface area contributed by atoms with Crippen molar-refractivity contribution in [3.63, 3.8) is 0 Å². The van der Waals surface area contributed by atoms with E-state index in [1.807, 2.05) is 18.2 Å². The second-order valence-corrected chi connectivity index (χ2v) is 6.26. The molecule has 0 bridgehead atoms. The molecule has 0 radical (unpaired) electrons. The maximum Gasteiger partial charge on any atom is 0.0590 e. The number of hydrogen-bond acceptors (Lipinski definition) is 2. The summed E-state index contributed by atoms with van der Waals surface area (Å²) in [5, 5.41) is 5.08. The summed E-state index contributed by atoms with van der Waals surface area (Å²) in [4.78, 5) is 0. The van der Waals surface area contributed by atoms with Crippen molar-refractivity contribution in [2.75, 3.05) is 13.2 Å². The Morgan fingerprint density at radius 2 is 2.20 bits per heavy atom. The van der Waals surface area contributed by atoms with Gasteiger partial charge in [-0.25, -0.2) is 0 Å². The Labute approximate surface area is 131 Å². The van der Waals surface area contributed by atoms with Crippen LogP contribution in [0.25, 0.3) is 0 Å². The fourth-order valence-corrected chi connectivity index (χ4v) is 3.19. The van der Waals surface area contributed by atoms with E-state index in [1.165, 1.54) is 19.3 Å². The van der Waals surface area contributed by atoms with E-state index in [1.54, 1.807) is 0 Å². The van der Waals surface area contributed by atoms with Gasteiger partial charge in [0.05, 0.1) is 6.10 Å². The van der Waals surface area contributed by atoms with Crippen LogP contribution in [-0.4, -0.2) is 25.3 Å². The van der Waals surface area contributed by atoms with E-state index in [9.17, 15) is 0 Å². The smallest absolute Gasteiger partial charge is 0.0590 e. The van der Waals surface area contributed by atoms with Crippen LogP contribution >= 0.6 is 23.2 Å². The van der Waals surface area contributed by atoms with Gasteiger partial charge in [0.2, 0.25) is 0 Å². The Balaban J connectivity index is 1.98. The topological polar surface area (TPSA) is 21.3 Å². The molecular formula is C16H23Cl2NO. The minimum atomic E-state index is 0.380. The molecule has 2 atom stereocenters. The fourth-order valence-electron chi connectivity index (χ4n) is 2.80. The molecule has 2 nitrogen and oxygen atoms in total. The molecule has 1 saturated heterocycles. The lowest BCUT2D eigenvalue weighted by Gasteiger charge is -2.27. The highest BCUT2D eigenvalue weighted by Gasteiger charge is 2.20. The van der Waals surface area contributed by atoms with Gasteiger partial charge in [0.1, 0.15) is 0 Å². The molecule has 0 amide bonds. The summed E-state index contributed by atoms with van der Waals surface area (Å²) in [7, 11) is 0. The molecule has 1 aromatic carbocycles. The van der Waals surface area contributed by atoms with E-state index in [0.717, 1.165) is 41.6 Å². The molecule has 1 aliphatic rings. The second-order valence-electron chi connectivity index (χ2n) is 5.42. The van der Waals surface area contributed by atoms with Gasteiger partial charge in [0.15, 0.2) is 0 Å². The first-order valence-electron chi connectivity index (χ1n) is 7.48. The van der Waals surface area contributed by atoms with Crippen LogP contribution in [0.5, 0.6) is 0 Å². The van der Waals surface area contributed by atoms with Crippen molar-refractivity contribution in [3.8, 4) is 0 Å². The third kappa shape index (κ3) is 4.92. The molecule has 2 rings (SSSR count). The van der Waals surface area contributed by atoms with Gasteiger partial charge < -0.3 is 10.1 Å². The van der Waals surface area contributed by atoms with Gasteiger partial charge in [-0.2, -0.15) is 0 Å². The average molecular weight is 316 g/mol. The molecule has 1 aromatic rings. The Bertz CT molecular complexity index is 419. The number of rotatable bonds is 6. The predicted molar refractivity (Wildman–Crippen MR) is 85.8 cm³/mol. The first-order valence-corrected chi connectivity index (χ1v) is 8.23. The number of nitrogens with one attached hydrogen (secondary N) is 1. The number of likely N-dealkylation sites (N-methyl/N-ethyl adjacent to an activating group) is 1. The molecule has 20 heavy (non-hydrogen) atoms. The molecule has 1 N–H and O–H groups in total. The predicted octanol–water partition coefficient (Wildman–Crippen LogP) is 4.47. The number of ether oxygens (including phenoxy) is 1. The molecule has 2 unspecified atom stereocenters. The first-order chi connectivity index (χ1) is 9.69. The van der Waals surface area contributed by atoms with E-state index in [4.69, 9.17) is 27.9 Å². The van der Waals surface area contributed by atoms with E-state index in [-0.39, 0.29) is 0 Å². The molecule has 1 aliphatic heterocycles. The van der Waals surface area contributed by atoms with Crippen LogP contribution in [0.3, 0.4) is 0 Å². The van der Waals surface area contributed by atoms with Crippen LogP contribution in [0, 0.1) is 0 Å². The van der Waals surface area contributed by atoms with Crippen molar-refractivity contribution in [2.24, 2.45) is 0 Å². The highest BCUT2D eigenvalue weighted by Crippen LogP contribution is 2.24. The molecule has 0 aromatic heterocycles.